The van der Waals surface area contributed by atoms with Gasteiger partial charge in [-0.3, -0.25) is 9.59 Å². The molecule has 1 saturated carbocycles. The van der Waals surface area contributed by atoms with Gasteiger partial charge >= 0.3 is 11.9 Å². The molecule has 140 valence electrons. The predicted molar refractivity (Wildman–Crippen MR) is 102 cm³/mol. The quantitative estimate of drug-likeness (QED) is 0.758. The average molecular weight is 364 g/mol. The molecule has 0 bridgehead atoms. The van der Waals surface area contributed by atoms with E-state index in [4.69, 9.17) is 9.47 Å². The molecule has 0 N–H and O–H groups in total. The maximum atomic E-state index is 12.8. The van der Waals surface area contributed by atoms with Gasteiger partial charge in [-0.1, -0.05) is 61.4 Å². The van der Waals surface area contributed by atoms with Gasteiger partial charge in [-0.2, -0.15) is 0 Å². The number of hydrogen-bond acceptors (Lipinski definition) is 4. The lowest BCUT2D eigenvalue weighted by atomic mass is 9.79. The first-order valence-corrected chi connectivity index (χ1v) is 9.63. The highest BCUT2D eigenvalue weighted by molar-refractivity contribution is 5.83. The van der Waals surface area contributed by atoms with Crippen molar-refractivity contribution >= 4 is 11.9 Å². The van der Waals surface area contributed by atoms with Crippen molar-refractivity contribution in [2.45, 2.75) is 31.6 Å². The second-order valence-corrected chi connectivity index (χ2v) is 7.38. The van der Waals surface area contributed by atoms with E-state index in [2.05, 4.69) is 24.3 Å². The highest BCUT2D eigenvalue weighted by Gasteiger charge is 2.38. The van der Waals surface area contributed by atoms with Gasteiger partial charge < -0.3 is 9.47 Å². The summed E-state index contributed by atoms with van der Waals surface area (Å²) in [5.41, 5.74) is 4.80. The fourth-order valence-electron chi connectivity index (χ4n) is 4.56. The maximum Gasteiger partial charge on any atom is 0.309 e. The molecule has 2 atom stereocenters. The van der Waals surface area contributed by atoms with Gasteiger partial charge in [0.1, 0.15) is 6.61 Å². The third-order valence-electron chi connectivity index (χ3n) is 5.93. The van der Waals surface area contributed by atoms with Gasteiger partial charge in [0, 0.05) is 5.92 Å². The normalized spacial score (nSPS) is 21.2. The molecule has 4 heteroatoms. The second kappa shape index (κ2) is 7.55. The summed E-state index contributed by atoms with van der Waals surface area (Å²) >= 11 is 0. The summed E-state index contributed by atoms with van der Waals surface area (Å²) in [7, 11) is 1.38. The standard InChI is InChI=1S/C23H24O4/c1-26-22(24)19-12-6-7-13-20(19)23(25)27-14-21-17-10-4-2-8-15(17)16-9-3-5-11-18(16)21/h2-5,8-11,19-21H,6-7,12-14H2,1H3. The third-order valence-corrected chi connectivity index (χ3v) is 5.93. The molecule has 0 aliphatic heterocycles. The van der Waals surface area contributed by atoms with E-state index >= 15 is 0 Å². The molecule has 2 aromatic rings. The Bertz CT molecular complexity index is 811. The zero-order valence-corrected chi connectivity index (χ0v) is 15.5. The number of carbonyl (C=O) groups is 2. The van der Waals surface area contributed by atoms with Gasteiger partial charge in [0.25, 0.3) is 0 Å². The lowest BCUT2D eigenvalue weighted by Crippen LogP contribution is -2.35. The summed E-state index contributed by atoms with van der Waals surface area (Å²) < 4.78 is 10.7. The number of fused-ring (bicyclic) bond motifs is 3. The monoisotopic (exact) mass is 364 g/mol. The number of hydrogen-bond donors (Lipinski definition) is 0. The molecule has 1 fully saturated rings. The minimum Gasteiger partial charge on any atom is -0.469 e. The molecule has 4 rings (SSSR count). The molecule has 0 heterocycles. The molecule has 2 aliphatic rings. The smallest absolute Gasteiger partial charge is 0.309 e. The number of benzene rings is 2. The van der Waals surface area contributed by atoms with Gasteiger partial charge in [0.15, 0.2) is 0 Å². The Morgan fingerprint density at radius 2 is 1.37 bits per heavy atom. The first-order valence-electron chi connectivity index (χ1n) is 9.63. The molecular formula is C23H24O4. The Balaban J connectivity index is 1.51. The van der Waals surface area contributed by atoms with Crippen molar-refractivity contribution in [1.82, 2.24) is 0 Å². The molecule has 0 aromatic heterocycles. The highest BCUT2D eigenvalue weighted by Crippen LogP contribution is 2.44. The van der Waals surface area contributed by atoms with E-state index in [-0.39, 0.29) is 23.8 Å². The topological polar surface area (TPSA) is 52.6 Å². The van der Waals surface area contributed by atoms with Crippen LogP contribution in [-0.4, -0.2) is 25.7 Å². The Kier molecular flexibility index (Phi) is 4.97. The second-order valence-electron chi connectivity index (χ2n) is 7.38. The largest absolute Gasteiger partial charge is 0.469 e. The Morgan fingerprint density at radius 3 is 1.93 bits per heavy atom. The van der Waals surface area contributed by atoms with E-state index in [0.29, 0.717) is 19.4 Å². The Hall–Kier alpha value is -2.62. The molecule has 0 saturated heterocycles. The van der Waals surface area contributed by atoms with Crippen LogP contribution in [0.2, 0.25) is 0 Å². The van der Waals surface area contributed by atoms with E-state index in [0.717, 1.165) is 12.8 Å². The van der Waals surface area contributed by atoms with Crippen LogP contribution in [0.25, 0.3) is 11.1 Å². The molecule has 0 spiro atoms. The number of carbonyl (C=O) groups excluding carboxylic acids is 2. The van der Waals surface area contributed by atoms with Crippen molar-refractivity contribution in [3.05, 3.63) is 59.7 Å². The van der Waals surface area contributed by atoms with Crippen LogP contribution in [0.1, 0.15) is 42.7 Å². The molecule has 0 radical (unpaired) electrons. The van der Waals surface area contributed by atoms with Crippen LogP contribution in [0.5, 0.6) is 0 Å². The van der Waals surface area contributed by atoms with Crippen LogP contribution >= 0.6 is 0 Å². The lowest BCUT2D eigenvalue weighted by Gasteiger charge is -2.28. The first-order chi connectivity index (χ1) is 13.2. The van der Waals surface area contributed by atoms with E-state index < -0.39 is 5.92 Å². The third kappa shape index (κ3) is 3.25. The summed E-state index contributed by atoms with van der Waals surface area (Å²) in [6.45, 7) is 0.303. The van der Waals surface area contributed by atoms with Crippen molar-refractivity contribution < 1.29 is 19.1 Å². The fourth-order valence-corrected chi connectivity index (χ4v) is 4.56. The molecule has 2 aromatic carbocycles. The van der Waals surface area contributed by atoms with Gasteiger partial charge in [-0.15, -0.1) is 0 Å². The summed E-state index contributed by atoms with van der Waals surface area (Å²) in [4.78, 5) is 24.8. The minimum atomic E-state index is -0.391. The molecule has 4 nitrogen and oxygen atoms in total. The van der Waals surface area contributed by atoms with Crippen LogP contribution in [0.4, 0.5) is 0 Å². The van der Waals surface area contributed by atoms with E-state index in [1.807, 2.05) is 24.3 Å². The molecule has 0 amide bonds. The summed E-state index contributed by atoms with van der Waals surface area (Å²) in [6, 6.07) is 16.5. The SMILES string of the molecule is COC(=O)C1CCCCC1C(=O)OCC1c2ccccc2-c2ccccc21. The van der Waals surface area contributed by atoms with Crippen LogP contribution in [0, 0.1) is 11.8 Å². The lowest BCUT2D eigenvalue weighted by molar-refractivity contribution is -0.161. The Morgan fingerprint density at radius 1 is 0.852 bits per heavy atom. The predicted octanol–water partition coefficient (Wildman–Crippen LogP) is 4.32. The number of methoxy groups -OCH3 is 1. The van der Waals surface area contributed by atoms with E-state index in [1.165, 1.54) is 29.4 Å². The van der Waals surface area contributed by atoms with Gasteiger partial charge in [0.05, 0.1) is 18.9 Å². The van der Waals surface area contributed by atoms with Gasteiger partial charge in [-0.05, 0) is 35.1 Å². The minimum absolute atomic E-state index is 0.0431. The van der Waals surface area contributed by atoms with Crippen LogP contribution < -0.4 is 0 Å². The molecule has 2 unspecified atom stereocenters. The van der Waals surface area contributed by atoms with Crippen molar-refractivity contribution in [1.29, 1.82) is 0 Å². The van der Waals surface area contributed by atoms with E-state index in [9.17, 15) is 9.59 Å². The summed E-state index contributed by atoms with van der Waals surface area (Å²) in [5, 5.41) is 0. The van der Waals surface area contributed by atoms with Crippen LogP contribution in [0.3, 0.4) is 0 Å². The summed E-state index contributed by atoms with van der Waals surface area (Å²) in [5.74, 6) is -1.29. The van der Waals surface area contributed by atoms with Gasteiger partial charge in [-0.25, -0.2) is 0 Å². The first kappa shape index (κ1) is 17.8. The Labute approximate surface area is 159 Å². The van der Waals surface area contributed by atoms with Crippen molar-refractivity contribution in [2.24, 2.45) is 11.8 Å². The number of esters is 2. The maximum absolute atomic E-state index is 12.8. The zero-order valence-electron chi connectivity index (χ0n) is 15.5. The van der Waals surface area contributed by atoms with Crippen molar-refractivity contribution in [2.75, 3.05) is 13.7 Å². The van der Waals surface area contributed by atoms with Crippen molar-refractivity contribution in [3.8, 4) is 11.1 Å². The van der Waals surface area contributed by atoms with Crippen LogP contribution in [-0.2, 0) is 19.1 Å². The average Bonchev–Trinajstić information content (AvgIpc) is 3.05. The van der Waals surface area contributed by atoms with Gasteiger partial charge in [0.2, 0.25) is 0 Å². The number of rotatable bonds is 4. The highest BCUT2D eigenvalue weighted by atomic mass is 16.5. The molecular weight excluding hydrogens is 340 g/mol. The van der Waals surface area contributed by atoms with E-state index in [1.54, 1.807) is 0 Å². The fraction of sp³-hybridized carbons (Fsp3) is 0.391. The summed E-state index contributed by atoms with van der Waals surface area (Å²) in [6.07, 6.45) is 3.28. The molecule has 27 heavy (non-hydrogen) atoms. The zero-order chi connectivity index (χ0) is 18.8. The molecule has 2 aliphatic carbocycles. The number of ether oxygens (including phenoxy) is 2. The van der Waals surface area contributed by atoms with Crippen molar-refractivity contribution in [3.63, 3.8) is 0 Å². The van der Waals surface area contributed by atoms with Crippen LogP contribution in [0.15, 0.2) is 48.5 Å².